The molecule has 0 bridgehead atoms. The van der Waals surface area contributed by atoms with Gasteiger partial charge in [-0.3, -0.25) is 0 Å². The first kappa shape index (κ1) is 42.9. The minimum atomic E-state index is -0.173. The standard InChI is InChI=1S/C69H49N3S/c1-69(2)62-32-18-15-29-56(62)57-40-39-53(44-63(57)69)71(50-25-11-5-12-26-50)55-42-48(41-54(43-55)70(49-23-9-4-10-24-49)52-37-35-47(36-38-52)46-21-7-3-8-22-46)60-45-61-58-30-16-19-33-64(58)72(51-27-13-6-14-28-51)67(61)68-66(60)59-31-17-20-34-65(59)73-68/h3-45H,1-2H3. The van der Waals surface area contributed by atoms with E-state index in [0.717, 1.165) is 45.4 Å². The maximum atomic E-state index is 2.49. The Morgan fingerprint density at radius 2 is 0.890 bits per heavy atom. The first-order chi connectivity index (χ1) is 36.0. The van der Waals surface area contributed by atoms with E-state index >= 15 is 0 Å². The van der Waals surface area contributed by atoms with Gasteiger partial charge in [0.2, 0.25) is 0 Å². The second kappa shape index (κ2) is 17.1. The fraction of sp³-hybridized carbons (Fsp3) is 0.0435. The Morgan fingerprint density at radius 1 is 0.356 bits per heavy atom. The van der Waals surface area contributed by atoms with Crippen LogP contribution in [-0.4, -0.2) is 4.57 Å². The van der Waals surface area contributed by atoms with Gasteiger partial charge in [0.1, 0.15) is 0 Å². The van der Waals surface area contributed by atoms with Gasteiger partial charge >= 0.3 is 0 Å². The van der Waals surface area contributed by atoms with E-state index in [1.165, 1.54) is 80.9 Å². The van der Waals surface area contributed by atoms with Crippen LogP contribution in [0.3, 0.4) is 0 Å². The molecule has 0 radical (unpaired) electrons. The van der Waals surface area contributed by atoms with Crippen LogP contribution in [0.5, 0.6) is 0 Å². The molecule has 2 aromatic heterocycles. The Kier molecular flexibility index (Phi) is 10.1. The zero-order chi connectivity index (χ0) is 48.6. The number of hydrogen-bond donors (Lipinski definition) is 0. The summed E-state index contributed by atoms with van der Waals surface area (Å²) in [6.45, 7) is 4.74. The second-order valence-electron chi connectivity index (χ2n) is 19.7. The van der Waals surface area contributed by atoms with Gasteiger partial charge in [-0.15, -0.1) is 11.3 Å². The Balaban J connectivity index is 1.08. The molecule has 2 heterocycles. The average Bonchev–Trinajstić information content (AvgIpc) is 4.08. The molecule has 0 amide bonds. The van der Waals surface area contributed by atoms with Crippen molar-refractivity contribution in [2.45, 2.75) is 19.3 Å². The van der Waals surface area contributed by atoms with Gasteiger partial charge in [-0.1, -0.05) is 178 Å². The topological polar surface area (TPSA) is 11.4 Å². The molecule has 4 heteroatoms. The molecule has 0 saturated carbocycles. The van der Waals surface area contributed by atoms with Crippen LogP contribution in [0.1, 0.15) is 25.0 Å². The highest BCUT2D eigenvalue weighted by Crippen LogP contribution is 2.53. The number of benzene rings is 11. The molecule has 73 heavy (non-hydrogen) atoms. The molecule has 1 aliphatic carbocycles. The van der Waals surface area contributed by atoms with Crippen molar-refractivity contribution >= 4 is 87.4 Å². The van der Waals surface area contributed by atoms with E-state index in [0.29, 0.717) is 0 Å². The minimum Gasteiger partial charge on any atom is -0.310 e. The normalized spacial score (nSPS) is 12.6. The van der Waals surface area contributed by atoms with Crippen molar-refractivity contribution in [3.05, 3.63) is 272 Å². The molecule has 0 atom stereocenters. The molecule has 14 rings (SSSR count). The van der Waals surface area contributed by atoms with Gasteiger partial charge in [0.05, 0.1) is 15.7 Å². The van der Waals surface area contributed by atoms with Gasteiger partial charge in [-0.25, -0.2) is 0 Å². The van der Waals surface area contributed by atoms with Gasteiger partial charge in [0, 0.05) is 71.5 Å². The number of nitrogens with zero attached hydrogens (tertiary/aromatic N) is 3. The molecular formula is C69H49N3S. The van der Waals surface area contributed by atoms with E-state index in [4.69, 9.17) is 0 Å². The van der Waals surface area contributed by atoms with Gasteiger partial charge in [0.25, 0.3) is 0 Å². The maximum Gasteiger partial charge on any atom is 0.0720 e. The predicted octanol–water partition coefficient (Wildman–Crippen LogP) is 19.7. The number of thiophene rings is 1. The largest absolute Gasteiger partial charge is 0.310 e. The zero-order valence-electron chi connectivity index (χ0n) is 40.6. The molecule has 11 aromatic carbocycles. The van der Waals surface area contributed by atoms with Gasteiger partial charge in [-0.2, -0.15) is 0 Å². The molecule has 0 unspecified atom stereocenters. The fourth-order valence-corrected chi connectivity index (χ4v) is 13.0. The van der Waals surface area contributed by atoms with Crippen molar-refractivity contribution in [1.29, 1.82) is 0 Å². The third kappa shape index (κ3) is 7.01. The van der Waals surface area contributed by atoms with Crippen molar-refractivity contribution in [2.75, 3.05) is 9.80 Å². The monoisotopic (exact) mass is 951 g/mol. The van der Waals surface area contributed by atoms with Crippen molar-refractivity contribution in [3.63, 3.8) is 0 Å². The molecule has 346 valence electrons. The quantitative estimate of drug-likeness (QED) is 0.143. The third-order valence-electron chi connectivity index (χ3n) is 15.1. The van der Waals surface area contributed by atoms with Crippen LogP contribution in [0.25, 0.3) is 81.0 Å². The van der Waals surface area contributed by atoms with Gasteiger partial charge in [-0.05, 0) is 142 Å². The Labute approximate surface area is 429 Å². The summed E-state index contributed by atoms with van der Waals surface area (Å²) in [4.78, 5) is 4.90. The van der Waals surface area contributed by atoms with Crippen molar-refractivity contribution in [3.8, 4) is 39.1 Å². The van der Waals surface area contributed by atoms with Gasteiger partial charge < -0.3 is 14.4 Å². The molecular weight excluding hydrogens is 903 g/mol. The van der Waals surface area contributed by atoms with Crippen molar-refractivity contribution < 1.29 is 0 Å². The van der Waals surface area contributed by atoms with Crippen LogP contribution >= 0.6 is 11.3 Å². The molecule has 0 fully saturated rings. The Morgan fingerprint density at radius 3 is 1.60 bits per heavy atom. The molecule has 0 spiro atoms. The SMILES string of the molecule is CC1(C)c2ccccc2-c2ccc(N(c3ccccc3)c3cc(-c4cc5c6ccccc6n(-c6ccccc6)c5c5sc6ccccc6c45)cc(N(c4ccccc4)c4ccc(-c5ccccc5)cc4)c3)cc21. The summed E-state index contributed by atoms with van der Waals surface area (Å²) in [5.41, 5.74) is 19.9. The number of aromatic nitrogens is 1. The van der Waals surface area contributed by atoms with Crippen LogP contribution in [0.15, 0.2) is 261 Å². The minimum absolute atomic E-state index is 0.173. The van der Waals surface area contributed by atoms with E-state index in [9.17, 15) is 0 Å². The van der Waals surface area contributed by atoms with Crippen molar-refractivity contribution in [1.82, 2.24) is 4.57 Å². The summed E-state index contributed by atoms with van der Waals surface area (Å²) in [7, 11) is 0. The van der Waals surface area contributed by atoms with Crippen LogP contribution in [-0.2, 0) is 5.41 Å². The lowest BCUT2D eigenvalue weighted by Gasteiger charge is -2.31. The zero-order valence-corrected chi connectivity index (χ0v) is 41.4. The number of para-hydroxylation sites is 4. The smallest absolute Gasteiger partial charge is 0.0720 e. The van der Waals surface area contributed by atoms with E-state index in [2.05, 4.69) is 289 Å². The number of rotatable bonds is 9. The average molecular weight is 952 g/mol. The maximum absolute atomic E-state index is 2.49. The molecule has 13 aromatic rings. The molecule has 0 saturated heterocycles. The lowest BCUT2D eigenvalue weighted by atomic mass is 9.82. The molecule has 0 aliphatic heterocycles. The highest BCUT2D eigenvalue weighted by molar-refractivity contribution is 7.26. The predicted molar refractivity (Wildman–Crippen MR) is 311 cm³/mol. The summed E-state index contributed by atoms with van der Waals surface area (Å²) >= 11 is 1.90. The summed E-state index contributed by atoms with van der Waals surface area (Å²) in [5, 5.41) is 4.98. The lowest BCUT2D eigenvalue weighted by molar-refractivity contribution is 0.660. The summed E-state index contributed by atoms with van der Waals surface area (Å²) in [5.74, 6) is 0. The van der Waals surface area contributed by atoms with E-state index in [-0.39, 0.29) is 5.41 Å². The van der Waals surface area contributed by atoms with E-state index in [1.54, 1.807) is 0 Å². The first-order valence-corrected chi connectivity index (χ1v) is 26.0. The van der Waals surface area contributed by atoms with Crippen LogP contribution < -0.4 is 9.80 Å². The van der Waals surface area contributed by atoms with Gasteiger partial charge in [0.15, 0.2) is 0 Å². The van der Waals surface area contributed by atoms with Crippen LogP contribution in [0.4, 0.5) is 34.1 Å². The molecule has 0 N–H and O–H groups in total. The van der Waals surface area contributed by atoms with Crippen LogP contribution in [0, 0.1) is 0 Å². The Hall–Kier alpha value is -8.96. The van der Waals surface area contributed by atoms with Crippen LogP contribution in [0.2, 0.25) is 0 Å². The fourth-order valence-electron chi connectivity index (χ4n) is 11.7. The first-order valence-electron chi connectivity index (χ1n) is 25.2. The number of fused-ring (bicyclic) bond motifs is 10. The third-order valence-corrected chi connectivity index (χ3v) is 16.3. The second-order valence-corrected chi connectivity index (χ2v) is 20.8. The summed E-state index contributed by atoms with van der Waals surface area (Å²) in [6.07, 6.45) is 0. The Bertz CT molecular complexity index is 4210. The lowest BCUT2D eigenvalue weighted by Crippen LogP contribution is -2.17. The summed E-state index contributed by atoms with van der Waals surface area (Å²) in [6, 6.07) is 96.0. The number of hydrogen-bond acceptors (Lipinski definition) is 3. The highest BCUT2D eigenvalue weighted by atomic mass is 32.1. The molecule has 3 nitrogen and oxygen atoms in total. The molecule has 1 aliphatic rings. The highest BCUT2D eigenvalue weighted by Gasteiger charge is 2.36. The van der Waals surface area contributed by atoms with E-state index < -0.39 is 0 Å². The van der Waals surface area contributed by atoms with E-state index in [1.807, 2.05) is 11.3 Å². The van der Waals surface area contributed by atoms with Crippen molar-refractivity contribution in [2.24, 2.45) is 0 Å². The summed E-state index contributed by atoms with van der Waals surface area (Å²) < 4.78 is 5.02. The number of anilines is 6.